The van der Waals surface area contributed by atoms with Crippen LogP contribution in [0.4, 0.5) is 0 Å². The number of para-hydroxylation sites is 1. The molecular weight excluding hydrogens is 296 g/mol. The molecule has 3 heteroatoms. The van der Waals surface area contributed by atoms with Gasteiger partial charge in [0.25, 0.3) is 0 Å². The lowest BCUT2D eigenvalue weighted by Gasteiger charge is -2.17. The first kappa shape index (κ1) is 15.0. The molecule has 24 heavy (non-hydrogen) atoms. The molecule has 1 unspecified atom stereocenters. The first-order chi connectivity index (χ1) is 11.8. The molecule has 122 valence electrons. The first-order valence-corrected chi connectivity index (χ1v) is 8.68. The summed E-state index contributed by atoms with van der Waals surface area (Å²) in [5.41, 5.74) is 3.27. The van der Waals surface area contributed by atoms with Crippen LogP contribution in [0.25, 0.3) is 11.3 Å². The molecule has 1 atom stereocenters. The van der Waals surface area contributed by atoms with E-state index in [1.807, 2.05) is 36.4 Å². The maximum absolute atomic E-state index is 6.27. The summed E-state index contributed by atoms with van der Waals surface area (Å²) in [5.74, 6) is 2.09. The van der Waals surface area contributed by atoms with Gasteiger partial charge in [-0.25, -0.2) is 4.98 Å². The number of aromatic nitrogens is 2. The van der Waals surface area contributed by atoms with Crippen LogP contribution in [0, 0.1) is 0 Å². The van der Waals surface area contributed by atoms with E-state index in [-0.39, 0.29) is 6.10 Å². The van der Waals surface area contributed by atoms with Crippen molar-refractivity contribution in [2.45, 2.75) is 38.8 Å². The molecule has 0 bridgehead atoms. The van der Waals surface area contributed by atoms with Gasteiger partial charge in [0.05, 0.1) is 5.69 Å². The second-order valence-corrected chi connectivity index (χ2v) is 6.36. The zero-order chi connectivity index (χ0) is 16.4. The van der Waals surface area contributed by atoms with E-state index in [2.05, 4.69) is 35.9 Å². The highest BCUT2D eigenvalue weighted by Crippen LogP contribution is 2.33. The van der Waals surface area contributed by atoms with E-state index in [9.17, 15) is 0 Å². The van der Waals surface area contributed by atoms with Gasteiger partial charge < -0.3 is 9.30 Å². The van der Waals surface area contributed by atoms with Crippen molar-refractivity contribution in [2.75, 3.05) is 0 Å². The molecule has 0 spiro atoms. The SMILES string of the molecule is CC(Oc1ccccc1-c1cn2c(n1)CCCC2)c1ccccc1. The molecule has 2 aromatic carbocycles. The molecule has 1 aliphatic rings. The van der Waals surface area contributed by atoms with Gasteiger partial charge in [-0.1, -0.05) is 42.5 Å². The molecule has 0 saturated carbocycles. The van der Waals surface area contributed by atoms with E-state index in [0.717, 1.165) is 30.0 Å². The molecule has 0 amide bonds. The number of rotatable bonds is 4. The van der Waals surface area contributed by atoms with Crippen molar-refractivity contribution < 1.29 is 4.74 Å². The van der Waals surface area contributed by atoms with Crippen molar-refractivity contribution in [2.24, 2.45) is 0 Å². The Bertz CT molecular complexity index is 799. The van der Waals surface area contributed by atoms with Crippen LogP contribution in [0.1, 0.15) is 37.3 Å². The van der Waals surface area contributed by atoms with Crippen molar-refractivity contribution in [3.63, 3.8) is 0 Å². The summed E-state index contributed by atoms with van der Waals surface area (Å²) in [5, 5.41) is 0. The highest BCUT2D eigenvalue weighted by atomic mass is 16.5. The van der Waals surface area contributed by atoms with E-state index < -0.39 is 0 Å². The number of aryl methyl sites for hydroxylation is 2. The summed E-state index contributed by atoms with van der Waals surface area (Å²) in [6.07, 6.45) is 5.73. The predicted molar refractivity (Wildman–Crippen MR) is 96.1 cm³/mol. The van der Waals surface area contributed by atoms with Crippen molar-refractivity contribution in [1.82, 2.24) is 9.55 Å². The zero-order valence-electron chi connectivity index (χ0n) is 14.0. The normalized spacial score (nSPS) is 14.9. The molecule has 4 rings (SSSR count). The minimum Gasteiger partial charge on any atom is -0.485 e. The van der Waals surface area contributed by atoms with Gasteiger partial charge in [0, 0.05) is 24.7 Å². The largest absolute Gasteiger partial charge is 0.485 e. The molecule has 3 aromatic rings. The van der Waals surface area contributed by atoms with Crippen molar-refractivity contribution in [1.29, 1.82) is 0 Å². The van der Waals surface area contributed by atoms with Gasteiger partial charge in [0.2, 0.25) is 0 Å². The van der Waals surface area contributed by atoms with Crippen molar-refractivity contribution >= 4 is 0 Å². The molecule has 3 nitrogen and oxygen atoms in total. The number of benzene rings is 2. The molecule has 1 aliphatic heterocycles. The highest BCUT2D eigenvalue weighted by Gasteiger charge is 2.17. The van der Waals surface area contributed by atoms with E-state index in [4.69, 9.17) is 9.72 Å². The topological polar surface area (TPSA) is 27.1 Å². The fourth-order valence-electron chi connectivity index (χ4n) is 3.31. The minimum atomic E-state index is 0.00425. The standard InChI is InChI=1S/C21H22N2O/c1-16(17-9-3-2-4-10-17)24-20-12-6-5-11-18(20)19-15-23-14-8-7-13-21(23)22-19/h2-6,9-12,15-16H,7-8,13-14H2,1H3. The summed E-state index contributed by atoms with van der Waals surface area (Å²) in [4.78, 5) is 4.84. The Labute approximate surface area is 142 Å². The second-order valence-electron chi connectivity index (χ2n) is 6.36. The van der Waals surface area contributed by atoms with Crippen LogP contribution >= 0.6 is 0 Å². The summed E-state index contributed by atoms with van der Waals surface area (Å²) in [6, 6.07) is 18.5. The fraction of sp³-hybridized carbons (Fsp3) is 0.286. The van der Waals surface area contributed by atoms with Crippen molar-refractivity contribution in [3.05, 3.63) is 72.2 Å². The van der Waals surface area contributed by atoms with Crippen LogP contribution in [0.2, 0.25) is 0 Å². The monoisotopic (exact) mass is 318 g/mol. The summed E-state index contributed by atoms with van der Waals surface area (Å²) in [6.45, 7) is 3.16. The average Bonchev–Trinajstić information content (AvgIpc) is 3.07. The van der Waals surface area contributed by atoms with Crippen LogP contribution in [-0.4, -0.2) is 9.55 Å². The van der Waals surface area contributed by atoms with Crippen LogP contribution in [0.5, 0.6) is 5.75 Å². The zero-order valence-corrected chi connectivity index (χ0v) is 14.0. The Morgan fingerprint density at radius 1 is 1.00 bits per heavy atom. The number of ether oxygens (including phenoxy) is 1. The Balaban J connectivity index is 1.64. The molecule has 2 heterocycles. The quantitative estimate of drug-likeness (QED) is 0.675. The van der Waals surface area contributed by atoms with Gasteiger partial charge in [-0.15, -0.1) is 0 Å². The minimum absolute atomic E-state index is 0.00425. The van der Waals surface area contributed by atoms with Crippen molar-refractivity contribution in [3.8, 4) is 17.0 Å². The number of hydrogen-bond donors (Lipinski definition) is 0. The van der Waals surface area contributed by atoms with E-state index >= 15 is 0 Å². The lowest BCUT2D eigenvalue weighted by atomic mass is 10.1. The lowest BCUT2D eigenvalue weighted by Crippen LogP contribution is -2.08. The number of hydrogen-bond acceptors (Lipinski definition) is 2. The lowest BCUT2D eigenvalue weighted by molar-refractivity contribution is 0.228. The molecule has 0 N–H and O–H groups in total. The fourth-order valence-corrected chi connectivity index (χ4v) is 3.31. The molecular formula is C21H22N2O. The molecule has 0 fully saturated rings. The summed E-state index contributed by atoms with van der Waals surface area (Å²) in [7, 11) is 0. The number of nitrogens with zero attached hydrogens (tertiary/aromatic N) is 2. The van der Waals surface area contributed by atoms with Gasteiger partial charge in [-0.05, 0) is 37.5 Å². The van der Waals surface area contributed by atoms with Gasteiger partial charge in [0.1, 0.15) is 17.7 Å². The van der Waals surface area contributed by atoms with E-state index in [0.29, 0.717) is 0 Å². The second kappa shape index (κ2) is 6.52. The number of fused-ring (bicyclic) bond motifs is 1. The third-order valence-electron chi connectivity index (χ3n) is 4.64. The van der Waals surface area contributed by atoms with Crippen LogP contribution in [0.3, 0.4) is 0 Å². The Morgan fingerprint density at radius 2 is 1.79 bits per heavy atom. The highest BCUT2D eigenvalue weighted by molar-refractivity contribution is 5.67. The molecule has 1 aromatic heterocycles. The molecule has 0 radical (unpaired) electrons. The Hall–Kier alpha value is -2.55. The van der Waals surface area contributed by atoms with Gasteiger partial charge in [0.15, 0.2) is 0 Å². The van der Waals surface area contributed by atoms with E-state index in [1.165, 1.54) is 24.2 Å². The molecule has 0 saturated heterocycles. The summed E-state index contributed by atoms with van der Waals surface area (Å²) < 4.78 is 8.56. The van der Waals surface area contributed by atoms with E-state index in [1.54, 1.807) is 0 Å². The van der Waals surface area contributed by atoms with Crippen LogP contribution < -0.4 is 4.74 Å². The summed E-state index contributed by atoms with van der Waals surface area (Å²) >= 11 is 0. The van der Waals surface area contributed by atoms with Gasteiger partial charge in [-0.3, -0.25) is 0 Å². The first-order valence-electron chi connectivity index (χ1n) is 8.68. The third kappa shape index (κ3) is 2.94. The number of imidazole rings is 1. The third-order valence-corrected chi connectivity index (χ3v) is 4.64. The van der Waals surface area contributed by atoms with Gasteiger partial charge in [-0.2, -0.15) is 0 Å². The maximum atomic E-state index is 6.27. The smallest absolute Gasteiger partial charge is 0.129 e. The Kier molecular flexibility index (Phi) is 4.08. The maximum Gasteiger partial charge on any atom is 0.129 e. The predicted octanol–water partition coefficient (Wildman–Crippen LogP) is 5.03. The Morgan fingerprint density at radius 3 is 2.62 bits per heavy atom. The average molecular weight is 318 g/mol. The van der Waals surface area contributed by atoms with Crippen LogP contribution in [0.15, 0.2) is 60.8 Å². The van der Waals surface area contributed by atoms with Crippen LogP contribution in [-0.2, 0) is 13.0 Å². The molecule has 0 aliphatic carbocycles. The van der Waals surface area contributed by atoms with Gasteiger partial charge >= 0.3 is 0 Å².